The number of unbranched alkanes of at least 4 members (excludes halogenated alkanes) is 1. The van der Waals surface area contributed by atoms with Crippen LogP contribution in [0.25, 0.3) is 0 Å². The molecule has 0 unspecified atom stereocenters. The lowest BCUT2D eigenvalue weighted by molar-refractivity contribution is -0.121. The molecule has 0 saturated carbocycles. The normalized spacial score (nSPS) is 10.5. The molecule has 0 aliphatic heterocycles. The Hall–Kier alpha value is -2.90. The van der Waals surface area contributed by atoms with E-state index in [1.54, 1.807) is 19.2 Å². The number of aromatic nitrogens is 3. The van der Waals surface area contributed by atoms with Crippen LogP contribution in [-0.2, 0) is 17.8 Å². The van der Waals surface area contributed by atoms with Crippen LogP contribution < -0.4 is 21.3 Å². The predicted molar refractivity (Wildman–Crippen MR) is 97.2 cm³/mol. The number of H-pyrrole nitrogens is 2. The van der Waals surface area contributed by atoms with Gasteiger partial charge < -0.3 is 15.0 Å². The van der Waals surface area contributed by atoms with E-state index >= 15 is 0 Å². The largest absolute Gasteiger partial charge is 0.477 e. The number of nitrogens with one attached hydrogen (secondary N) is 3. The van der Waals surface area contributed by atoms with Gasteiger partial charge in [-0.1, -0.05) is 19.4 Å². The van der Waals surface area contributed by atoms with E-state index in [1.807, 2.05) is 6.07 Å². The first-order valence-corrected chi connectivity index (χ1v) is 8.66. The zero-order valence-corrected chi connectivity index (χ0v) is 15.1. The molecule has 0 aliphatic rings. The van der Waals surface area contributed by atoms with Crippen molar-refractivity contribution >= 4 is 5.91 Å². The number of ether oxygens (including phenoxy) is 1. The quantitative estimate of drug-likeness (QED) is 0.581. The molecule has 2 heterocycles. The van der Waals surface area contributed by atoms with Crippen LogP contribution in [-0.4, -0.2) is 27.5 Å². The summed E-state index contributed by atoms with van der Waals surface area (Å²) in [5.74, 6) is 0.326. The third kappa shape index (κ3) is 5.58. The van der Waals surface area contributed by atoms with Gasteiger partial charge in [0.15, 0.2) is 0 Å². The molecule has 8 heteroatoms. The van der Waals surface area contributed by atoms with Crippen LogP contribution in [0, 0.1) is 6.92 Å². The van der Waals surface area contributed by atoms with E-state index < -0.39 is 11.2 Å². The minimum absolute atomic E-state index is 0.141. The average molecular weight is 360 g/mol. The third-order valence-corrected chi connectivity index (χ3v) is 3.92. The molecule has 1 amide bonds. The van der Waals surface area contributed by atoms with Crippen LogP contribution in [0.4, 0.5) is 0 Å². The molecule has 0 aromatic carbocycles. The second-order valence-corrected chi connectivity index (χ2v) is 5.96. The molecule has 0 saturated heterocycles. The van der Waals surface area contributed by atoms with Crippen molar-refractivity contribution in [2.45, 2.75) is 46.1 Å². The van der Waals surface area contributed by atoms with Gasteiger partial charge in [0.05, 0.1) is 6.61 Å². The Bertz CT molecular complexity index is 857. The first-order valence-electron chi connectivity index (χ1n) is 8.66. The number of hydrogen-bond acceptors (Lipinski definition) is 5. The van der Waals surface area contributed by atoms with E-state index in [9.17, 15) is 14.4 Å². The number of carbonyl (C=O) groups is 1. The molecule has 2 aromatic rings. The highest BCUT2D eigenvalue weighted by atomic mass is 16.5. The smallest absolute Gasteiger partial charge is 0.325 e. The highest BCUT2D eigenvalue weighted by Crippen LogP contribution is 2.14. The zero-order chi connectivity index (χ0) is 18.9. The third-order valence-electron chi connectivity index (χ3n) is 3.92. The van der Waals surface area contributed by atoms with Crippen LogP contribution >= 0.6 is 0 Å². The summed E-state index contributed by atoms with van der Waals surface area (Å²) >= 11 is 0. The van der Waals surface area contributed by atoms with E-state index in [-0.39, 0.29) is 18.7 Å². The van der Waals surface area contributed by atoms with E-state index in [0.29, 0.717) is 30.3 Å². The highest BCUT2D eigenvalue weighted by Gasteiger charge is 2.10. The number of carbonyl (C=O) groups excluding carboxylic acids is 1. The standard InChI is InChI=1S/C18H24N4O4/c1-3-4-10-26-17-13(6-5-9-19-17)11-20-15(23)8-7-14-12(2)21-18(25)22-16(14)24/h5-6,9H,3-4,7-8,10-11H2,1-2H3,(H,20,23)(H2,21,22,24,25). The van der Waals surface area contributed by atoms with Gasteiger partial charge in [0.1, 0.15) is 0 Å². The molecule has 26 heavy (non-hydrogen) atoms. The van der Waals surface area contributed by atoms with E-state index in [2.05, 4.69) is 27.2 Å². The first-order chi connectivity index (χ1) is 12.5. The molecule has 2 aromatic heterocycles. The number of rotatable bonds is 9. The van der Waals surface area contributed by atoms with Gasteiger partial charge in [-0.25, -0.2) is 9.78 Å². The van der Waals surface area contributed by atoms with Gasteiger partial charge in [0.25, 0.3) is 5.56 Å². The Morgan fingerprint density at radius 3 is 2.85 bits per heavy atom. The van der Waals surface area contributed by atoms with Crippen molar-refractivity contribution < 1.29 is 9.53 Å². The molecular formula is C18H24N4O4. The number of amides is 1. The van der Waals surface area contributed by atoms with Crippen molar-refractivity contribution in [3.8, 4) is 5.88 Å². The SMILES string of the molecule is CCCCOc1ncccc1CNC(=O)CCc1c(C)[nH]c(=O)[nH]c1=O. The second kappa shape index (κ2) is 9.55. The maximum Gasteiger partial charge on any atom is 0.325 e. The van der Waals surface area contributed by atoms with Crippen LogP contribution in [0.1, 0.15) is 43.0 Å². The Balaban J connectivity index is 1.90. The topological polar surface area (TPSA) is 117 Å². The molecule has 0 aliphatic carbocycles. The number of hydrogen-bond donors (Lipinski definition) is 3. The van der Waals surface area contributed by atoms with Gasteiger partial charge >= 0.3 is 5.69 Å². The number of aryl methyl sites for hydroxylation is 1. The summed E-state index contributed by atoms with van der Waals surface area (Å²) < 4.78 is 5.64. The maximum atomic E-state index is 12.1. The minimum Gasteiger partial charge on any atom is -0.477 e. The Kier molecular flexibility index (Phi) is 7.13. The second-order valence-electron chi connectivity index (χ2n) is 5.96. The van der Waals surface area contributed by atoms with E-state index in [4.69, 9.17) is 4.74 Å². The Labute approximate surface area is 151 Å². The minimum atomic E-state index is -0.548. The van der Waals surface area contributed by atoms with Crippen LogP contribution in [0.15, 0.2) is 27.9 Å². The molecule has 0 spiro atoms. The lowest BCUT2D eigenvalue weighted by atomic mass is 10.1. The maximum absolute atomic E-state index is 12.1. The molecule has 0 radical (unpaired) electrons. The van der Waals surface area contributed by atoms with Crippen molar-refractivity contribution in [3.63, 3.8) is 0 Å². The molecule has 0 fully saturated rings. The Morgan fingerprint density at radius 1 is 1.31 bits per heavy atom. The van der Waals surface area contributed by atoms with Crippen LogP contribution in [0.5, 0.6) is 5.88 Å². The summed E-state index contributed by atoms with van der Waals surface area (Å²) in [6, 6.07) is 3.64. The summed E-state index contributed by atoms with van der Waals surface area (Å²) in [5, 5.41) is 2.81. The van der Waals surface area contributed by atoms with Gasteiger partial charge in [0, 0.05) is 36.0 Å². The fraction of sp³-hybridized carbons (Fsp3) is 0.444. The zero-order valence-electron chi connectivity index (χ0n) is 15.1. The summed E-state index contributed by atoms with van der Waals surface area (Å²) in [5.41, 5.74) is 0.677. The van der Waals surface area contributed by atoms with E-state index in [0.717, 1.165) is 18.4 Å². The monoisotopic (exact) mass is 360 g/mol. The van der Waals surface area contributed by atoms with Gasteiger partial charge in [-0.3, -0.25) is 14.6 Å². The fourth-order valence-electron chi connectivity index (χ4n) is 2.45. The lowest BCUT2D eigenvalue weighted by Crippen LogP contribution is -2.29. The van der Waals surface area contributed by atoms with Gasteiger partial charge in [-0.15, -0.1) is 0 Å². The molecule has 0 atom stereocenters. The molecular weight excluding hydrogens is 336 g/mol. The van der Waals surface area contributed by atoms with Gasteiger partial charge in [-0.2, -0.15) is 0 Å². The summed E-state index contributed by atoms with van der Waals surface area (Å²) in [7, 11) is 0. The number of pyridine rings is 1. The first kappa shape index (κ1) is 19.4. The van der Waals surface area contributed by atoms with Crippen molar-refractivity contribution in [1.82, 2.24) is 20.3 Å². The average Bonchev–Trinajstić information content (AvgIpc) is 2.60. The van der Waals surface area contributed by atoms with Crippen molar-refractivity contribution in [2.75, 3.05) is 6.61 Å². The highest BCUT2D eigenvalue weighted by molar-refractivity contribution is 5.76. The van der Waals surface area contributed by atoms with Gasteiger partial charge in [0.2, 0.25) is 11.8 Å². The van der Waals surface area contributed by atoms with Crippen molar-refractivity contribution in [3.05, 3.63) is 56.0 Å². The molecule has 140 valence electrons. The summed E-state index contributed by atoms with van der Waals surface area (Å²) in [4.78, 5) is 44.0. The summed E-state index contributed by atoms with van der Waals surface area (Å²) in [6.45, 7) is 4.61. The molecule has 0 bridgehead atoms. The van der Waals surface area contributed by atoms with Crippen molar-refractivity contribution in [2.24, 2.45) is 0 Å². The van der Waals surface area contributed by atoms with Crippen LogP contribution in [0.2, 0.25) is 0 Å². The summed E-state index contributed by atoms with van der Waals surface area (Å²) in [6.07, 6.45) is 4.01. The van der Waals surface area contributed by atoms with E-state index in [1.165, 1.54) is 0 Å². The Morgan fingerprint density at radius 2 is 2.12 bits per heavy atom. The molecule has 8 nitrogen and oxygen atoms in total. The fourth-order valence-corrected chi connectivity index (χ4v) is 2.45. The lowest BCUT2D eigenvalue weighted by Gasteiger charge is -2.11. The molecule has 2 rings (SSSR count). The van der Waals surface area contributed by atoms with Crippen molar-refractivity contribution in [1.29, 1.82) is 0 Å². The molecule has 3 N–H and O–H groups in total. The predicted octanol–water partition coefficient (Wildman–Crippen LogP) is 1.19. The number of nitrogens with zero attached hydrogens (tertiary/aromatic N) is 1. The number of aromatic amines is 2. The van der Waals surface area contributed by atoms with Gasteiger partial charge in [-0.05, 0) is 25.8 Å². The van der Waals surface area contributed by atoms with Crippen LogP contribution in [0.3, 0.4) is 0 Å².